The highest BCUT2D eigenvalue weighted by Crippen LogP contribution is 2.26. The Balaban J connectivity index is 1.38. The molecule has 71 heavy (non-hydrogen) atoms. The Kier molecular flexibility index (Phi) is 21.7. The van der Waals surface area contributed by atoms with Gasteiger partial charge in [0.25, 0.3) is 11.8 Å². The van der Waals surface area contributed by atoms with Crippen molar-refractivity contribution >= 4 is 80.7 Å². The molecular formula is C42H63N16O10S3+. The van der Waals surface area contributed by atoms with Crippen molar-refractivity contribution in [1.82, 2.24) is 61.8 Å². The van der Waals surface area contributed by atoms with Gasteiger partial charge in [0.1, 0.15) is 57.7 Å². The molecule has 26 nitrogen and oxygen atoms in total. The zero-order valence-corrected chi connectivity index (χ0v) is 42.4. The van der Waals surface area contributed by atoms with Crippen LogP contribution in [0.3, 0.4) is 0 Å². The highest BCUT2D eigenvalue weighted by molar-refractivity contribution is 7.95. The number of aliphatic hydroxyl groups excluding tert-OH is 3. The molecule has 0 saturated carbocycles. The molecule has 0 fully saturated rings. The maximum Gasteiger partial charge on any atom is 0.271 e. The van der Waals surface area contributed by atoms with E-state index in [0.717, 1.165) is 12.2 Å². The van der Waals surface area contributed by atoms with Crippen molar-refractivity contribution in [3.8, 4) is 10.7 Å². The first kappa shape index (κ1) is 57.4. The van der Waals surface area contributed by atoms with Crippen LogP contribution in [0.2, 0.25) is 0 Å². The molecule has 7 amide bonds. The summed E-state index contributed by atoms with van der Waals surface area (Å²) in [4.78, 5) is 115. The average Bonchev–Trinajstić information content (AvgIpc) is 4.13. The van der Waals surface area contributed by atoms with Gasteiger partial charge in [0.05, 0.1) is 72.0 Å². The molecule has 0 aliphatic heterocycles. The van der Waals surface area contributed by atoms with Crippen molar-refractivity contribution in [3.63, 3.8) is 0 Å². The number of nitrogen functional groups attached to an aromatic ring is 1. The number of primary amides is 2. The number of rotatable bonds is 28. The van der Waals surface area contributed by atoms with Crippen LogP contribution in [-0.2, 0) is 41.3 Å². The van der Waals surface area contributed by atoms with Gasteiger partial charge in [-0.15, -0.1) is 22.7 Å². The van der Waals surface area contributed by atoms with Gasteiger partial charge in [-0.05, 0) is 31.7 Å². The van der Waals surface area contributed by atoms with Gasteiger partial charge in [-0.2, -0.15) is 0 Å². The minimum absolute atomic E-state index is 0.000812. The summed E-state index contributed by atoms with van der Waals surface area (Å²) in [6.45, 7) is 5.80. The van der Waals surface area contributed by atoms with Crippen LogP contribution >= 0.6 is 22.7 Å². The number of carbonyl (C=O) groups is 7. The molecule has 0 radical (unpaired) electrons. The van der Waals surface area contributed by atoms with Crippen molar-refractivity contribution in [2.45, 2.75) is 95.5 Å². The minimum atomic E-state index is -1.81. The third-order valence-corrected chi connectivity index (χ3v) is 13.7. The summed E-state index contributed by atoms with van der Waals surface area (Å²) < 4.78 is 0. The monoisotopic (exact) mass is 1050 g/mol. The largest absolute Gasteiger partial charge is 0.391 e. The van der Waals surface area contributed by atoms with Gasteiger partial charge in [0.2, 0.25) is 29.5 Å². The van der Waals surface area contributed by atoms with Crippen LogP contribution in [0.25, 0.3) is 10.7 Å². The number of H-pyrrole nitrogens is 1. The number of hydrogen-bond donors (Lipinski definition) is 14. The average molecular weight is 1050 g/mol. The van der Waals surface area contributed by atoms with E-state index in [1.807, 2.05) is 0 Å². The summed E-state index contributed by atoms with van der Waals surface area (Å²) in [6.07, 6.45) is 2.70. The number of imidazole rings is 1. The molecule has 9 atom stereocenters. The standard InChI is InChI=1S/C42H62N16O10S3/c1-18-29(55-36(58-34(18)45)23(12-27(44)60)50-13-22(43)35(46)63)40(67)57-31(33(62)24-14-47-17-51-24)41(68)52-20(3)32(61)19(2)37(64)56-30(21(4)59)39(66)49-10-8-28-53-26(16-69-28)42-54-25(15-70-42)38(65)48-9-7-11-71(5)6/h14-17,19-23,30-33,50,59,61-62H,7-13,43H2,1-6H3,(H11-,44,45,46,47,48,49,51,52,55,56,57,58,60,63,64,65,66,67,68)/p+1/t19-,20+,21+,22-,23+,30-,31-,32-,33-/m0/s1. The van der Waals surface area contributed by atoms with E-state index < -0.39 is 96.3 Å². The lowest BCUT2D eigenvalue weighted by Crippen LogP contribution is -2.57. The molecule has 0 saturated heterocycles. The van der Waals surface area contributed by atoms with Gasteiger partial charge >= 0.3 is 0 Å². The number of nitrogens with one attached hydrogen (secondary N) is 7. The fourth-order valence-electron chi connectivity index (χ4n) is 6.61. The Bertz CT molecular complexity index is 2470. The van der Waals surface area contributed by atoms with E-state index >= 15 is 0 Å². The van der Waals surface area contributed by atoms with Gasteiger partial charge in [0.15, 0.2) is 0 Å². The maximum atomic E-state index is 13.9. The predicted molar refractivity (Wildman–Crippen MR) is 265 cm³/mol. The van der Waals surface area contributed by atoms with Crippen molar-refractivity contribution in [2.24, 2.45) is 23.1 Å². The van der Waals surface area contributed by atoms with E-state index in [4.69, 9.17) is 22.9 Å². The van der Waals surface area contributed by atoms with Crippen molar-refractivity contribution < 1.29 is 48.9 Å². The SMILES string of the molecule is Cc1c(N)nc([C@@H](CC(N)=O)NC[C@H](N)C(N)=O)nc1C(=O)N[C@H](C(=O)N[C@H](C)[C@@H](O)[C@H](C)C(=O)N[C@H](C(=O)NCCc1nc(-c2nc(C(=O)NCCC[S+](C)C)cs2)cs1)[C@@H](C)O)[C@@H](O)c1cnc[nH]1. The molecule has 4 rings (SSSR count). The smallest absolute Gasteiger partial charge is 0.271 e. The second kappa shape index (κ2) is 26.8. The molecule has 29 heteroatoms. The maximum absolute atomic E-state index is 13.9. The third kappa shape index (κ3) is 16.7. The minimum Gasteiger partial charge on any atom is -0.391 e. The van der Waals surface area contributed by atoms with E-state index in [1.165, 1.54) is 62.9 Å². The fraction of sp³-hybridized carbons (Fsp3) is 0.524. The topological polar surface area (TPSA) is 437 Å². The number of aliphatic hydroxyl groups is 3. The lowest BCUT2D eigenvalue weighted by molar-refractivity contribution is -0.136. The number of hydrogen-bond acceptors (Lipinski definition) is 20. The van der Waals surface area contributed by atoms with Crippen LogP contribution in [0.15, 0.2) is 23.3 Å². The Morgan fingerprint density at radius 3 is 2.20 bits per heavy atom. The predicted octanol–water partition coefficient (Wildman–Crippen LogP) is -3.45. The van der Waals surface area contributed by atoms with Crippen molar-refractivity contribution in [1.29, 1.82) is 0 Å². The number of nitrogens with zero attached hydrogens (tertiary/aromatic N) is 5. The first-order chi connectivity index (χ1) is 33.5. The number of thiazole rings is 2. The summed E-state index contributed by atoms with van der Waals surface area (Å²) in [7, 11) is 0.295. The molecule has 0 aliphatic carbocycles. The van der Waals surface area contributed by atoms with Gasteiger partial charge in [0, 0.05) is 55.2 Å². The Hall–Kier alpha value is -6.21. The zero-order chi connectivity index (χ0) is 52.7. The molecule has 0 bridgehead atoms. The Morgan fingerprint density at radius 1 is 0.845 bits per heavy atom. The molecule has 18 N–H and O–H groups in total. The van der Waals surface area contributed by atoms with Gasteiger partial charge in [-0.1, -0.05) is 6.92 Å². The quantitative estimate of drug-likeness (QED) is 0.0194. The van der Waals surface area contributed by atoms with Crippen LogP contribution < -0.4 is 54.8 Å². The van der Waals surface area contributed by atoms with Crippen LogP contribution in [0.4, 0.5) is 5.82 Å². The van der Waals surface area contributed by atoms with Crippen LogP contribution in [-0.4, -0.2) is 161 Å². The van der Waals surface area contributed by atoms with E-state index in [-0.39, 0.29) is 47.6 Å². The summed E-state index contributed by atoms with van der Waals surface area (Å²) in [5.41, 5.74) is 23.1. The van der Waals surface area contributed by atoms with E-state index in [2.05, 4.69) is 74.3 Å². The molecule has 4 aromatic heterocycles. The molecule has 388 valence electrons. The molecule has 0 aliphatic rings. The highest BCUT2D eigenvalue weighted by Gasteiger charge is 2.37. The molecule has 4 heterocycles. The lowest BCUT2D eigenvalue weighted by atomic mass is 9.96. The zero-order valence-electron chi connectivity index (χ0n) is 39.9. The number of carbonyl (C=O) groups excluding carboxylic acids is 7. The number of anilines is 1. The molecule has 0 spiro atoms. The van der Waals surface area contributed by atoms with E-state index in [9.17, 15) is 48.9 Å². The highest BCUT2D eigenvalue weighted by atomic mass is 32.2. The summed E-state index contributed by atoms with van der Waals surface area (Å²) in [5.74, 6) is -6.24. The first-order valence-corrected chi connectivity index (χ1v) is 26.1. The summed E-state index contributed by atoms with van der Waals surface area (Å²) in [6, 6.07) is -6.77. The fourth-order valence-corrected chi connectivity index (χ4v) is 8.95. The number of aromatic amines is 1. The Morgan fingerprint density at radius 2 is 1.56 bits per heavy atom. The van der Waals surface area contributed by atoms with Gasteiger partial charge in [-0.3, -0.25) is 33.6 Å². The normalized spacial score (nSPS) is 15.3. The van der Waals surface area contributed by atoms with Gasteiger partial charge in [-0.25, -0.2) is 24.9 Å². The van der Waals surface area contributed by atoms with Crippen LogP contribution in [0, 0.1) is 12.8 Å². The summed E-state index contributed by atoms with van der Waals surface area (Å²) in [5, 5.41) is 53.5. The van der Waals surface area contributed by atoms with Crippen molar-refractivity contribution in [3.05, 3.63) is 56.8 Å². The second-order valence-corrected chi connectivity index (χ2v) is 21.0. The third-order valence-electron chi connectivity index (χ3n) is 10.8. The van der Waals surface area contributed by atoms with Gasteiger partial charge < -0.3 is 75.1 Å². The Labute approximate surface area is 419 Å². The number of nitrogens with two attached hydrogens (primary N) is 4. The van der Waals surface area contributed by atoms with Crippen LogP contribution in [0.1, 0.15) is 88.8 Å². The molecule has 0 unspecified atom stereocenters. The molecule has 4 aromatic rings. The van der Waals surface area contributed by atoms with Crippen LogP contribution in [0.5, 0.6) is 0 Å². The van der Waals surface area contributed by atoms with E-state index in [1.54, 1.807) is 10.8 Å². The number of aromatic nitrogens is 6. The van der Waals surface area contributed by atoms with Crippen molar-refractivity contribution in [2.75, 3.05) is 43.6 Å². The second-order valence-electron chi connectivity index (χ2n) is 16.8. The molecular weight excluding hydrogens is 985 g/mol. The first-order valence-electron chi connectivity index (χ1n) is 22.1. The lowest BCUT2D eigenvalue weighted by Gasteiger charge is -2.30. The summed E-state index contributed by atoms with van der Waals surface area (Å²) >= 11 is 2.62. The van der Waals surface area contributed by atoms with E-state index in [0.29, 0.717) is 45.3 Å². The molecule has 0 aromatic carbocycles. The number of amides is 7.